The first-order valence-electron chi connectivity index (χ1n) is 6.49. The molecule has 0 N–H and O–H groups in total. The van der Waals surface area contributed by atoms with E-state index in [1.807, 2.05) is 12.1 Å². The van der Waals surface area contributed by atoms with Crippen LogP contribution in [0.4, 0.5) is 0 Å². The standard InChI is InChI=1S/C16H19Cl/c1-2-3-4-5-8-13-9-6-11-15-14(13)10-7-12-16(15)17/h6-7,9-12H,2-5,8H2,1H3. The normalized spacial score (nSPS) is 10.9. The predicted molar refractivity (Wildman–Crippen MR) is 76.8 cm³/mol. The van der Waals surface area contributed by atoms with Crippen LogP contribution in [0.25, 0.3) is 10.8 Å². The summed E-state index contributed by atoms with van der Waals surface area (Å²) in [7, 11) is 0. The number of unbranched alkanes of at least 4 members (excludes halogenated alkanes) is 3. The second kappa shape index (κ2) is 6.07. The maximum absolute atomic E-state index is 6.21. The molecule has 0 aliphatic rings. The highest BCUT2D eigenvalue weighted by Crippen LogP contribution is 2.26. The number of hydrogen-bond donors (Lipinski definition) is 0. The van der Waals surface area contributed by atoms with Gasteiger partial charge in [0.15, 0.2) is 0 Å². The molecule has 0 aromatic heterocycles. The molecule has 0 saturated carbocycles. The summed E-state index contributed by atoms with van der Waals surface area (Å²) in [5.74, 6) is 0. The summed E-state index contributed by atoms with van der Waals surface area (Å²) in [6, 6.07) is 12.6. The molecule has 2 aromatic rings. The predicted octanol–water partition coefficient (Wildman–Crippen LogP) is 5.62. The van der Waals surface area contributed by atoms with Crippen LogP contribution >= 0.6 is 11.6 Å². The Morgan fingerprint density at radius 2 is 1.65 bits per heavy atom. The summed E-state index contributed by atoms with van der Waals surface area (Å²) in [5.41, 5.74) is 1.43. The minimum absolute atomic E-state index is 0.859. The molecule has 0 heterocycles. The van der Waals surface area contributed by atoms with Crippen LogP contribution in [-0.4, -0.2) is 0 Å². The van der Waals surface area contributed by atoms with Crippen LogP contribution < -0.4 is 0 Å². The van der Waals surface area contributed by atoms with E-state index in [0.717, 1.165) is 11.4 Å². The molecule has 90 valence electrons. The fraction of sp³-hybridized carbons (Fsp3) is 0.375. The van der Waals surface area contributed by atoms with E-state index in [2.05, 4.69) is 31.2 Å². The zero-order valence-electron chi connectivity index (χ0n) is 10.4. The van der Waals surface area contributed by atoms with Crippen LogP contribution in [0.5, 0.6) is 0 Å². The van der Waals surface area contributed by atoms with Crippen molar-refractivity contribution in [1.29, 1.82) is 0 Å². The molecule has 0 spiro atoms. The van der Waals surface area contributed by atoms with Gasteiger partial charge in [-0.15, -0.1) is 0 Å². The topological polar surface area (TPSA) is 0 Å². The van der Waals surface area contributed by atoms with Gasteiger partial charge in [-0.1, -0.05) is 68.1 Å². The summed E-state index contributed by atoms with van der Waals surface area (Å²) in [5, 5.41) is 3.36. The molecule has 17 heavy (non-hydrogen) atoms. The summed E-state index contributed by atoms with van der Waals surface area (Å²) < 4.78 is 0. The van der Waals surface area contributed by atoms with Gasteiger partial charge in [-0.2, -0.15) is 0 Å². The molecule has 0 atom stereocenters. The molecule has 0 aliphatic carbocycles. The molecule has 0 saturated heterocycles. The maximum Gasteiger partial charge on any atom is 0.0484 e. The molecule has 2 aromatic carbocycles. The lowest BCUT2D eigenvalue weighted by Gasteiger charge is -2.07. The van der Waals surface area contributed by atoms with Gasteiger partial charge < -0.3 is 0 Å². The summed E-state index contributed by atoms with van der Waals surface area (Å²) >= 11 is 6.21. The second-order valence-corrected chi connectivity index (χ2v) is 4.97. The van der Waals surface area contributed by atoms with Crippen molar-refractivity contribution in [2.24, 2.45) is 0 Å². The number of halogens is 1. The third-order valence-corrected chi connectivity index (χ3v) is 3.59. The Kier molecular flexibility index (Phi) is 4.44. The minimum Gasteiger partial charge on any atom is -0.0837 e. The van der Waals surface area contributed by atoms with Crippen molar-refractivity contribution in [3.8, 4) is 0 Å². The van der Waals surface area contributed by atoms with Crippen molar-refractivity contribution in [2.75, 3.05) is 0 Å². The third kappa shape index (κ3) is 3.01. The summed E-state index contributed by atoms with van der Waals surface area (Å²) in [4.78, 5) is 0. The molecule has 1 heteroatoms. The Balaban J connectivity index is 2.19. The van der Waals surface area contributed by atoms with E-state index in [1.54, 1.807) is 0 Å². The van der Waals surface area contributed by atoms with Crippen LogP contribution in [0, 0.1) is 0 Å². The van der Waals surface area contributed by atoms with E-state index in [0.29, 0.717) is 0 Å². The highest BCUT2D eigenvalue weighted by atomic mass is 35.5. The summed E-state index contributed by atoms with van der Waals surface area (Å²) in [6.07, 6.45) is 6.40. The van der Waals surface area contributed by atoms with Gasteiger partial charge >= 0.3 is 0 Å². The monoisotopic (exact) mass is 246 g/mol. The Morgan fingerprint density at radius 1 is 0.882 bits per heavy atom. The molecule has 2 rings (SSSR count). The van der Waals surface area contributed by atoms with Crippen LogP contribution in [0.15, 0.2) is 36.4 Å². The Bertz CT molecular complexity index is 488. The maximum atomic E-state index is 6.21. The molecule has 0 nitrogen and oxygen atoms in total. The Labute approximate surface area is 109 Å². The number of benzene rings is 2. The van der Waals surface area contributed by atoms with Gasteiger partial charge in [-0.05, 0) is 29.9 Å². The average Bonchev–Trinajstić information content (AvgIpc) is 2.36. The lowest BCUT2D eigenvalue weighted by molar-refractivity contribution is 0.668. The zero-order valence-corrected chi connectivity index (χ0v) is 11.1. The van der Waals surface area contributed by atoms with E-state index < -0.39 is 0 Å². The molecule has 0 fully saturated rings. The lowest BCUT2D eigenvalue weighted by atomic mass is 9.99. The fourth-order valence-electron chi connectivity index (χ4n) is 2.30. The van der Waals surface area contributed by atoms with Crippen molar-refractivity contribution in [1.82, 2.24) is 0 Å². The van der Waals surface area contributed by atoms with Crippen LogP contribution in [0.1, 0.15) is 38.2 Å². The van der Waals surface area contributed by atoms with Crippen molar-refractivity contribution in [2.45, 2.75) is 39.0 Å². The Hall–Kier alpha value is -1.01. The lowest BCUT2D eigenvalue weighted by Crippen LogP contribution is -1.88. The third-order valence-electron chi connectivity index (χ3n) is 3.26. The zero-order chi connectivity index (χ0) is 12.1. The second-order valence-electron chi connectivity index (χ2n) is 4.56. The van der Waals surface area contributed by atoms with Crippen LogP contribution in [-0.2, 0) is 6.42 Å². The van der Waals surface area contributed by atoms with E-state index >= 15 is 0 Å². The van der Waals surface area contributed by atoms with E-state index in [1.165, 1.54) is 42.0 Å². The molecule has 0 aliphatic heterocycles. The largest absolute Gasteiger partial charge is 0.0837 e. The number of aryl methyl sites for hydroxylation is 1. The first kappa shape index (κ1) is 12.4. The smallest absolute Gasteiger partial charge is 0.0484 e. The first-order valence-corrected chi connectivity index (χ1v) is 6.87. The van der Waals surface area contributed by atoms with Gasteiger partial charge in [0, 0.05) is 10.4 Å². The molecular weight excluding hydrogens is 228 g/mol. The van der Waals surface area contributed by atoms with Gasteiger partial charge in [0.2, 0.25) is 0 Å². The van der Waals surface area contributed by atoms with Crippen LogP contribution in [0.2, 0.25) is 5.02 Å². The summed E-state index contributed by atoms with van der Waals surface area (Å²) in [6.45, 7) is 2.25. The average molecular weight is 247 g/mol. The molecule has 0 bridgehead atoms. The van der Waals surface area contributed by atoms with E-state index in [9.17, 15) is 0 Å². The highest BCUT2D eigenvalue weighted by molar-refractivity contribution is 6.35. The van der Waals surface area contributed by atoms with Crippen molar-refractivity contribution in [3.63, 3.8) is 0 Å². The number of fused-ring (bicyclic) bond motifs is 1. The van der Waals surface area contributed by atoms with Crippen molar-refractivity contribution < 1.29 is 0 Å². The quantitative estimate of drug-likeness (QED) is 0.601. The number of hydrogen-bond acceptors (Lipinski definition) is 0. The van der Waals surface area contributed by atoms with Gasteiger partial charge in [0.1, 0.15) is 0 Å². The van der Waals surface area contributed by atoms with Crippen molar-refractivity contribution >= 4 is 22.4 Å². The first-order chi connectivity index (χ1) is 8.33. The Morgan fingerprint density at radius 3 is 2.47 bits per heavy atom. The fourth-order valence-corrected chi connectivity index (χ4v) is 2.53. The van der Waals surface area contributed by atoms with E-state index in [-0.39, 0.29) is 0 Å². The van der Waals surface area contributed by atoms with Gasteiger partial charge in [-0.25, -0.2) is 0 Å². The van der Waals surface area contributed by atoms with Crippen molar-refractivity contribution in [3.05, 3.63) is 47.0 Å². The molecule has 0 radical (unpaired) electrons. The van der Waals surface area contributed by atoms with Crippen LogP contribution in [0.3, 0.4) is 0 Å². The minimum atomic E-state index is 0.859. The van der Waals surface area contributed by atoms with Gasteiger partial charge in [0.25, 0.3) is 0 Å². The molecule has 0 unspecified atom stereocenters. The molecular formula is C16H19Cl. The van der Waals surface area contributed by atoms with Gasteiger partial charge in [-0.3, -0.25) is 0 Å². The SMILES string of the molecule is CCCCCCc1cccc2c(Cl)cccc12. The molecule has 0 amide bonds. The van der Waals surface area contributed by atoms with E-state index in [4.69, 9.17) is 11.6 Å². The van der Waals surface area contributed by atoms with Gasteiger partial charge in [0.05, 0.1) is 0 Å². The number of rotatable bonds is 5. The highest BCUT2D eigenvalue weighted by Gasteiger charge is 2.03.